The van der Waals surface area contributed by atoms with E-state index in [1.54, 1.807) is 12.1 Å². The molecule has 3 N–H and O–H groups in total. The third-order valence-corrected chi connectivity index (χ3v) is 8.18. The molecule has 0 spiro atoms. The summed E-state index contributed by atoms with van der Waals surface area (Å²) in [6.07, 6.45) is 0. The van der Waals surface area contributed by atoms with Crippen molar-refractivity contribution in [2.75, 3.05) is 5.32 Å². The van der Waals surface area contributed by atoms with Gasteiger partial charge >= 0.3 is 195 Å². The van der Waals surface area contributed by atoms with Crippen LogP contribution >= 0.6 is 67.8 Å². The SMILES string of the molecule is CC(=O)Nc1cc([As](=O)(O)OC(=O)c2c(I)cc(I)cc2I)ccc1O. The zero-order chi connectivity index (χ0) is 19.6. The third-order valence-electron chi connectivity index (χ3n) is 3.03. The molecule has 1 amide bonds. The van der Waals surface area contributed by atoms with Crippen molar-refractivity contribution in [1.29, 1.82) is 0 Å². The van der Waals surface area contributed by atoms with Crippen molar-refractivity contribution in [2.24, 2.45) is 0 Å². The molecule has 0 saturated heterocycles. The van der Waals surface area contributed by atoms with Crippen molar-refractivity contribution in [1.82, 2.24) is 0 Å². The fourth-order valence-corrected chi connectivity index (χ4v) is 8.01. The number of hydrogen-bond acceptors (Lipinski definition) is 5. The first-order valence-electron chi connectivity index (χ1n) is 6.83. The van der Waals surface area contributed by atoms with Crippen molar-refractivity contribution in [3.63, 3.8) is 0 Å². The third kappa shape index (κ3) is 5.36. The molecule has 138 valence electrons. The van der Waals surface area contributed by atoms with E-state index in [1.165, 1.54) is 13.0 Å². The molecule has 2 rings (SSSR count). The minimum absolute atomic E-state index is 0.0415. The molecule has 7 nitrogen and oxygen atoms in total. The molecule has 0 saturated carbocycles. The summed E-state index contributed by atoms with van der Waals surface area (Å²) in [5, 5.41) is 12.1. The Balaban J connectivity index is 2.36. The molecule has 1 unspecified atom stereocenters. The maximum absolute atomic E-state index is 12.6. The Kier molecular flexibility index (Phi) is 7.44. The Morgan fingerprint density at radius 2 is 1.69 bits per heavy atom. The van der Waals surface area contributed by atoms with Crippen LogP contribution in [-0.4, -0.2) is 35.3 Å². The van der Waals surface area contributed by atoms with Gasteiger partial charge in [-0.05, 0) is 0 Å². The predicted octanol–water partition coefficient (Wildman–Crippen LogP) is 2.59. The van der Waals surface area contributed by atoms with E-state index in [2.05, 4.69) is 27.9 Å². The van der Waals surface area contributed by atoms with E-state index >= 15 is 0 Å². The van der Waals surface area contributed by atoms with Gasteiger partial charge in [0.15, 0.2) is 0 Å². The second-order valence-electron chi connectivity index (χ2n) is 5.03. The first-order valence-corrected chi connectivity index (χ1v) is 13.4. The Bertz CT molecular complexity index is 926. The summed E-state index contributed by atoms with van der Waals surface area (Å²) in [6, 6.07) is 6.96. The summed E-state index contributed by atoms with van der Waals surface area (Å²) < 4.78 is 29.8. The number of carbonyl (C=O) groups is 2. The van der Waals surface area contributed by atoms with Crippen LogP contribution in [-0.2, 0) is 12.3 Å². The molecule has 0 bridgehead atoms. The van der Waals surface area contributed by atoms with Crippen molar-refractivity contribution in [3.05, 3.63) is 46.6 Å². The van der Waals surface area contributed by atoms with Crippen LogP contribution < -0.4 is 9.67 Å². The first kappa shape index (κ1) is 22.0. The number of nitrogens with one attached hydrogen (secondary N) is 1. The van der Waals surface area contributed by atoms with Gasteiger partial charge < -0.3 is 0 Å². The summed E-state index contributed by atoms with van der Waals surface area (Å²) >= 11 is 0.771. The van der Waals surface area contributed by atoms with E-state index in [1.807, 2.05) is 45.2 Å². The number of amides is 1. The van der Waals surface area contributed by atoms with E-state index in [0.717, 1.165) is 15.7 Å². The van der Waals surface area contributed by atoms with E-state index < -0.39 is 26.0 Å². The monoisotopic (exact) mass is 757 g/mol. The molecule has 11 heteroatoms. The van der Waals surface area contributed by atoms with Gasteiger partial charge in [0, 0.05) is 0 Å². The number of benzene rings is 2. The van der Waals surface area contributed by atoms with Crippen LogP contribution in [0, 0.1) is 10.7 Å². The molecule has 0 aliphatic heterocycles. The van der Waals surface area contributed by atoms with Gasteiger partial charge in [0.2, 0.25) is 0 Å². The van der Waals surface area contributed by atoms with Crippen molar-refractivity contribution < 1.29 is 26.3 Å². The fourth-order valence-electron chi connectivity index (χ4n) is 1.94. The van der Waals surface area contributed by atoms with Crippen LogP contribution in [0.25, 0.3) is 0 Å². The van der Waals surface area contributed by atoms with Gasteiger partial charge in [0.05, 0.1) is 0 Å². The Labute approximate surface area is 192 Å². The number of aromatic hydroxyl groups is 1. The second-order valence-corrected chi connectivity index (χ2v) is 12.2. The number of phenolic OH excluding ortho intramolecular Hbond substituents is 1. The number of halogens is 3. The summed E-state index contributed by atoms with van der Waals surface area (Å²) in [7, 11) is 0. The molecule has 2 aromatic carbocycles. The molecule has 0 heterocycles. The number of carbonyl (C=O) groups excluding carboxylic acids is 2. The summed E-state index contributed by atoms with van der Waals surface area (Å²) in [6.45, 7) is 1.23. The normalized spacial score (nSPS) is 13.0. The van der Waals surface area contributed by atoms with Crippen LogP contribution in [0.3, 0.4) is 0 Å². The second kappa shape index (κ2) is 8.80. The van der Waals surface area contributed by atoms with Crippen LogP contribution in [0.4, 0.5) is 5.69 Å². The van der Waals surface area contributed by atoms with E-state index in [0.29, 0.717) is 7.14 Å². The van der Waals surface area contributed by atoms with Gasteiger partial charge in [-0.1, -0.05) is 0 Å². The van der Waals surface area contributed by atoms with Crippen molar-refractivity contribution >= 4 is 104 Å². The molecule has 0 aromatic heterocycles. The number of hydrogen-bond donors (Lipinski definition) is 3. The quantitative estimate of drug-likeness (QED) is 0.252. The fraction of sp³-hybridized carbons (Fsp3) is 0.0667. The summed E-state index contributed by atoms with van der Waals surface area (Å²) in [5.41, 5.74) is 0.170. The van der Waals surface area contributed by atoms with E-state index in [4.69, 9.17) is 3.73 Å². The van der Waals surface area contributed by atoms with Gasteiger partial charge in [0.25, 0.3) is 0 Å². The zero-order valence-corrected chi connectivity index (χ0v) is 21.3. The van der Waals surface area contributed by atoms with Gasteiger partial charge in [-0.2, -0.15) is 0 Å². The molecule has 0 fully saturated rings. The van der Waals surface area contributed by atoms with E-state index in [9.17, 15) is 22.5 Å². The van der Waals surface area contributed by atoms with E-state index in [-0.39, 0.29) is 21.4 Å². The van der Waals surface area contributed by atoms with Gasteiger partial charge in [-0.3, -0.25) is 0 Å². The average Bonchev–Trinajstić information content (AvgIpc) is 2.47. The summed E-state index contributed by atoms with van der Waals surface area (Å²) in [5.74, 6) is -1.64. The van der Waals surface area contributed by atoms with Crippen LogP contribution in [0.15, 0.2) is 30.3 Å². The van der Waals surface area contributed by atoms with Gasteiger partial charge in [0.1, 0.15) is 0 Å². The summed E-state index contributed by atoms with van der Waals surface area (Å²) in [4.78, 5) is 23.6. The van der Waals surface area contributed by atoms with Crippen molar-refractivity contribution in [3.8, 4) is 5.75 Å². The maximum atomic E-state index is 12.6. The molecule has 2 aromatic rings. The van der Waals surface area contributed by atoms with Crippen molar-refractivity contribution in [2.45, 2.75) is 6.92 Å². The molecule has 0 aliphatic rings. The Morgan fingerprint density at radius 1 is 1.12 bits per heavy atom. The molecule has 26 heavy (non-hydrogen) atoms. The standard InChI is InChI=1S/C15H11AsI3NO6/c1-7(21)20-12-4-8(2-3-13(12)22)16(24,25)26-15(23)14-10(18)5-9(17)6-11(14)19/h2-6,22H,1H3,(H,20,21)(H,24,25). The van der Waals surface area contributed by atoms with Gasteiger partial charge in [-0.25, -0.2) is 0 Å². The Hall–Kier alpha value is -0.312. The molecular weight excluding hydrogens is 746 g/mol. The molecular formula is C15H11AsI3NO6. The first-order chi connectivity index (χ1) is 12.0. The van der Waals surface area contributed by atoms with Crippen LogP contribution in [0.2, 0.25) is 0 Å². The van der Waals surface area contributed by atoms with Gasteiger partial charge in [-0.15, -0.1) is 0 Å². The van der Waals surface area contributed by atoms with Crippen LogP contribution in [0.1, 0.15) is 17.3 Å². The zero-order valence-electron chi connectivity index (χ0n) is 13.0. The van der Waals surface area contributed by atoms with Crippen LogP contribution in [0.5, 0.6) is 5.75 Å². The topological polar surface area (TPSA) is 113 Å². The number of phenols is 1. The molecule has 0 aliphatic carbocycles. The molecule has 0 radical (unpaired) electrons. The minimum atomic E-state index is -5.25. The number of rotatable bonds is 4. The predicted molar refractivity (Wildman–Crippen MR) is 121 cm³/mol. The molecule has 1 atom stereocenters. The average molecular weight is 757 g/mol. The Morgan fingerprint density at radius 3 is 2.23 bits per heavy atom. The number of anilines is 1.